The van der Waals surface area contributed by atoms with Crippen molar-refractivity contribution in [2.24, 2.45) is 0 Å². The number of ether oxygens (including phenoxy) is 1. The summed E-state index contributed by atoms with van der Waals surface area (Å²) in [5.41, 5.74) is 0.227. The van der Waals surface area contributed by atoms with Crippen molar-refractivity contribution in [1.82, 2.24) is 4.90 Å². The van der Waals surface area contributed by atoms with Crippen molar-refractivity contribution in [3.63, 3.8) is 0 Å². The Bertz CT molecular complexity index is 311. The normalized spacial score (nSPS) is 16.8. The summed E-state index contributed by atoms with van der Waals surface area (Å²) >= 11 is 0. The van der Waals surface area contributed by atoms with Gasteiger partial charge in [0.25, 0.3) is 0 Å². The number of methoxy groups -OCH3 is 1. The largest absolute Gasteiger partial charge is 0.478 e. The second kappa shape index (κ2) is 8.94. The quantitative estimate of drug-likeness (QED) is 0.609. The predicted octanol–water partition coefficient (Wildman–Crippen LogP) is 1.47. The van der Waals surface area contributed by atoms with Gasteiger partial charge < -0.3 is 14.7 Å². The summed E-state index contributed by atoms with van der Waals surface area (Å²) < 4.78 is 4.56. The molecule has 1 aliphatic heterocycles. The van der Waals surface area contributed by atoms with E-state index >= 15 is 0 Å². The molecule has 5 nitrogen and oxygen atoms in total. The van der Waals surface area contributed by atoms with E-state index in [1.165, 1.54) is 26.4 Å². The smallest absolute Gasteiger partial charge is 0.334 e. The highest BCUT2D eigenvalue weighted by molar-refractivity contribution is 5.95. The van der Waals surface area contributed by atoms with Crippen LogP contribution in [0.3, 0.4) is 0 Å². The molecular formula is C12H20ClNO4. The maximum Gasteiger partial charge on any atom is 0.334 e. The number of hydrogen-bond acceptors (Lipinski definition) is 4. The summed E-state index contributed by atoms with van der Waals surface area (Å²) in [6.45, 7) is 2.78. The number of likely N-dealkylation sites (tertiary alicyclic amines) is 1. The number of nitrogens with zero attached hydrogens (tertiary/aromatic N) is 1. The second-order valence-corrected chi connectivity index (χ2v) is 4.15. The van der Waals surface area contributed by atoms with Gasteiger partial charge in [0.2, 0.25) is 0 Å². The van der Waals surface area contributed by atoms with Crippen molar-refractivity contribution in [3.05, 3.63) is 11.6 Å². The summed E-state index contributed by atoms with van der Waals surface area (Å²) in [4.78, 5) is 24.2. The number of carboxylic acids is 1. The van der Waals surface area contributed by atoms with E-state index in [1.807, 2.05) is 0 Å². The third kappa shape index (κ3) is 6.02. The number of hydrogen-bond donors (Lipinski definition) is 1. The molecule has 0 unspecified atom stereocenters. The van der Waals surface area contributed by atoms with Gasteiger partial charge in [-0.1, -0.05) is 6.42 Å². The second-order valence-electron chi connectivity index (χ2n) is 4.15. The standard InChI is InChI=1S/C12H19NO4.ClH/c1-17-12(16)10(9-11(14)15)5-8-13-6-3-2-4-7-13;/h9H,2-8H2,1H3,(H,14,15);1H/b10-9+;. The summed E-state index contributed by atoms with van der Waals surface area (Å²) in [5, 5.41) is 8.67. The molecule has 104 valence electrons. The minimum atomic E-state index is -1.11. The minimum absolute atomic E-state index is 0. The van der Waals surface area contributed by atoms with Gasteiger partial charge >= 0.3 is 11.9 Å². The van der Waals surface area contributed by atoms with E-state index in [1.54, 1.807) is 0 Å². The van der Waals surface area contributed by atoms with Crippen molar-refractivity contribution < 1.29 is 19.4 Å². The van der Waals surface area contributed by atoms with Crippen LogP contribution in [0.25, 0.3) is 0 Å². The van der Waals surface area contributed by atoms with Gasteiger partial charge in [-0.3, -0.25) is 0 Å². The fraction of sp³-hybridized carbons (Fsp3) is 0.667. The Kier molecular flexibility index (Phi) is 8.41. The molecule has 0 bridgehead atoms. The lowest BCUT2D eigenvalue weighted by molar-refractivity contribution is -0.137. The molecule has 0 amide bonds. The van der Waals surface area contributed by atoms with Crippen LogP contribution in [0, 0.1) is 0 Å². The first kappa shape index (κ1) is 16.9. The molecule has 0 aromatic carbocycles. The number of carboxylic acid groups (broad SMARTS) is 1. The molecule has 0 aromatic heterocycles. The molecule has 1 N–H and O–H groups in total. The lowest BCUT2D eigenvalue weighted by atomic mass is 10.1. The van der Waals surface area contributed by atoms with Crippen molar-refractivity contribution in [2.75, 3.05) is 26.7 Å². The number of aliphatic carboxylic acids is 1. The number of halogens is 1. The van der Waals surface area contributed by atoms with Gasteiger partial charge in [-0.15, -0.1) is 12.4 Å². The van der Waals surface area contributed by atoms with E-state index in [0.717, 1.165) is 19.2 Å². The Morgan fingerprint density at radius 1 is 1.28 bits per heavy atom. The third-order valence-electron chi connectivity index (χ3n) is 2.89. The van der Waals surface area contributed by atoms with E-state index in [2.05, 4.69) is 9.64 Å². The first-order chi connectivity index (χ1) is 8.13. The van der Waals surface area contributed by atoms with Crippen LogP contribution < -0.4 is 0 Å². The third-order valence-corrected chi connectivity index (χ3v) is 2.89. The van der Waals surface area contributed by atoms with E-state index in [0.29, 0.717) is 13.0 Å². The van der Waals surface area contributed by atoms with Crippen LogP contribution in [-0.2, 0) is 14.3 Å². The molecule has 6 heteroatoms. The minimum Gasteiger partial charge on any atom is -0.478 e. The van der Waals surface area contributed by atoms with Crippen molar-refractivity contribution in [3.8, 4) is 0 Å². The molecule has 0 atom stereocenters. The SMILES string of the molecule is COC(=O)/C(=C/C(=O)O)CCN1CCCCC1.Cl. The van der Waals surface area contributed by atoms with Gasteiger partial charge in [-0.25, -0.2) is 9.59 Å². The molecule has 1 heterocycles. The predicted molar refractivity (Wildman–Crippen MR) is 69.9 cm³/mol. The van der Waals surface area contributed by atoms with E-state index in [-0.39, 0.29) is 18.0 Å². The Morgan fingerprint density at radius 2 is 1.89 bits per heavy atom. The van der Waals surface area contributed by atoms with Crippen molar-refractivity contribution in [1.29, 1.82) is 0 Å². The van der Waals surface area contributed by atoms with Crippen LogP contribution >= 0.6 is 12.4 Å². The molecular weight excluding hydrogens is 258 g/mol. The van der Waals surface area contributed by atoms with Crippen LogP contribution in [0.2, 0.25) is 0 Å². The Labute approximate surface area is 113 Å². The fourth-order valence-electron chi connectivity index (χ4n) is 1.97. The van der Waals surface area contributed by atoms with Gasteiger partial charge in [0.05, 0.1) is 7.11 Å². The number of esters is 1. The lowest BCUT2D eigenvalue weighted by Gasteiger charge is -2.26. The summed E-state index contributed by atoms with van der Waals surface area (Å²) in [6, 6.07) is 0. The molecule has 1 rings (SSSR count). The van der Waals surface area contributed by atoms with E-state index in [9.17, 15) is 9.59 Å². The molecule has 0 aromatic rings. The molecule has 0 saturated carbocycles. The molecule has 18 heavy (non-hydrogen) atoms. The zero-order chi connectivity index (χ0) is 12.7. The average molecular weight is 278 g/mol. The maximum atomic E-state index is 11.3. The molecule has 0 radical (unpaired) electrons. The highest BCUT2D eigenvalue weighted by Gasteiger charge is 2.15. The van der Waals surface area contributed by atoms with Gasteiger partial charge in [-0.05, 0) is 32.4 Å². The first-order valence-corrected chi connectivity index (χ1v) is 5.87. The first-order valence-electron chi connectivity index (χ1n) is 5.87. The lowest BCUT2D eigenvalue weighted by Crippen LogP contribution is -2.31. The van der Waals surface area contributed by atoms with Crippen LogP contribution in [0.15, 0.2) is 11.6 Å². The van der Waals surface area contributed by atoms with Gasteiger partial charge in [0, 0.05) is 18.2 Å². The molecule has 0 aliphatic carbocycles. The highest BCUT2D eigenvalue weighted by atomic mass is 35.5. The zero-order valence-corrected chi connectivity index (χ0v) is 11.4. The maximum absolute atomic E-state index is 11.3. The number of rotatable bonds is 5. The van der Waals surface area contributed by atoms with E-state index < -0.39 is 11.9 Å². The monoisotopic (exact) mass is 277 g/mol. The zero-order valence-electron chi connectivity index (χ0n) is 10.6. The van der Waals surface area contributed by atoms with Crippen LogP contribution in [-0.4, -0.2) is 48.7 Å². The van der Waals surface area contributed by atoms with Crippen LogP contribution in [0.1, 0.15) is 25.7 Å². The summed E-state index contributed by atoms with van der Waals surface area (Å²) in [6.07, 6.45) is 4.98. The number of carbonyl (C=O) groups excluding carboxylic acids is 1. The van der Waals surface area contributed by atoms with Crippen LogP contribution in [0.5, 0.6) is 0 Å². The Hall–Kier alpha value is -1.07. The Balaban J connectivity index is 0.00000289. The number of carbonyl (C=O) groups is 2. The molecule has 0 spiro atoms. The Morgan fingerprint density at radius 3 is 2.39 bits per heavy atom. The molecule has 1 fully saturated rings. The molecule has 1 aliphatic rings. The van der Waals surface area contributed by atoms with E-state index in [4.69, 9.17) is 5.11 Å². The average Bonchev–Trinajstić information content (AvgIpc) is 2.34. The summed E-state index contributed by atoms with van der Waals surface area (Å²) in [5.74, 6) is -1.66. The van der Waals surface area contributed by atoms with Crippen molar-refractivity contribution in [2.45, 2.75) is 25.7 Å². The van der Waals surface area contributed by atoms with Crippen molar-refractivity contribution >= 4 is 24.3 Å². The van der Waals surface area contributed by atoms with Gasteiger partial charge in [0.1, 0.15) is 0 Å². The van der Waals surface area contributed by atoms with Gasteiger partial charge in [0.15, 0.2) is 0 Å². The highest BCUT2D eigenvalue weighted by Crippen LogP contribution is 2.12. The van der Waals surface area contributed by atoms with Crippen LogP contribution in [0.4, 0.5) is 0 Å². The fourth-order valence-corrected chi connectivity index (χ4v) is 1.97. The summed E-state index contributed by atoms with van der Waals surface area (Å²) in [7, 11) is 1.26. The van der Waals surface area contributed by atoms with Gasteiger partial charge in [-0.2, -0.15) is 0 Å². The number of piperidine rings is 1. The molecule has 1 saturated heterocycles. The topological polar surface area (TPSA) is 66.8 Å².